The molecule has 1 fully saturated rings. The summed E-state index contributed by atoms with van der Waals surface area (Å²) in [5, 5.41) is 3.12. The predicted octanol–water partition coefficient (Wildman–Crippen LogP) is 7.77. The fourth-order valence-corrected chi connectivity index (χ4v) is 5.44. The Balaban J connectivity index is 1.75. The number of nitrogens with zero attached hydrogens (tertiary/aromatic N) is 2. The van der Waals surface area contributed by atoms with Gasteiger partial charge < -0.3 is 5.32 Å². The van der Waals surface area contributed by atoms with Crippen molar-refractivity contribution in [3.8, 4) is 0 Å². The molecule has 5 nitrogen and oxygen atoms in total. The molecule has 1 N–H and O–H groups in total. The topological polar surface area (TPSA) is 52.6 Å². The Morgan fingerprint density at radius 1 is 0.684 bits per heavy atom. The van der Waals surface area contributed by atoms with Crippen LogP contribution in [0.4, 0.5) is 4.79 Å². The average Bonchev–Trinajstić information content (AvgIpc) is 3.18. The maximum atomic E-state index is 14.2. The normalized spacial score (nSPS) is 17.4. The Hall–Kier alpha value is -2.66. The SMILES string of the molecule is CCCCCCCCN(CCCCCCCC)CN1C(=O)NC(c2ccccc2)(c2ccc(C)cc2)C1=O. The molecule has 2 aromatic carbocycles. The smallest absolute Gasteiger partial charge is 0.315 e. The fraction of sp³-hybridized carbons (Fsp3) is 0.576. The fourth-order valence-electron chi connectivity index (χ4n) is 5.44. The second-order valence-corrected chi connectivity index (χ2v) is 10.9. The number of carbonyl (C=O) groups is 2. The van der Waals surface area contributed by atoms with Gasteiger partial charge in [-0.2, -0.15) is 0 Å². The summed E-state index contributed by atoms with van der Waals surface area (Å²) in [6.07, 6.45) is 14.8. The van der Waals surface area contributed by atoms with Crippen LogP contribution in [-0.4, -0.2) is 41.5 Å². The first-order valence-electron chi connectivity index (χ1n) is 15.0. The Morgan fingerprint density at radius 3 is 1.74 bits per heavy atom. The van der Waals surface area contributed by atoms with Gasteiger partial charge in [0.15, 0.2) is 5.54 Å². The third kappa shape index (κ3) is 7.92. The number of amides is 3. The summed E-state index contributed by atoms with van der Waals surface area (Å²) in [4.78, 5) is 31.4. The van der Waals surface area contributed by atoms with Gasteiger partial charge in [0.1, 0.15) is 0 Å². The number of benzene rings is 2. The number of hydrogen-bond donors (Lipinski definition) is 1. The van der Waals surface area contributed by atoms with Crippen molar-refractivity contribution in [2.75, 3.05) is 19.8 Å². The number of urea groups is 1. The first-order chi connectivity index (χ1) is 18.5. The molecule has 0 saturated carbocycles. The highest BCUT2D eigenvalue weighted by Crippen LogP contribution is 2.36. The molecule has 2 aromatic rings. The van der Waals surface area contributed by atoms with Gasteiger partial charge in [-0.1, -0.05) is 138 Å². The summed E-state index contributed by atoms with van der Waals surface area (Å²) < 4.78 is 0. The molecule has 3 rings (SSSR count). The number of hydrogen-bond acceptors (Lipinski definition) is 3. The third-order valence-electron chi connectivity index (χ3n) is 7.79. The zero-order chi connectivity index (χ0) is 27.2. The van der Waals surface area contributed by atoms with Crippen LogP contribution in [-0.2, 0) is 10.3 Å². The van der Waals surface area contributed by atoms with Crippen molar-refractivity contribution in [2.24, 2.45) is 0 Å². The number of unbranched alkanes of at least 4 members (excludes halogenated alkanes) is 10. The molecular weight excluding hydrogens is 470 g/mol. The molecule has 5 heteroatoms. The molecule has 3 amide bonds. The minimum absolute atomic E-state index is 0.187. The number of rotatable bonds is 18. The van der Waals surface area contributed by atoms with E-state index in [1.54, 1.807) is 0 Å². The quantitative estimate of drug-likeness (QED) is 0.162. The molecule has 1 unspecified atom stereocenters. The van der Waals surface area contributed by atoms with E-state index in [1.165, 1.54) is 69.1 Å². The Labute approximate surface area is 231 Å². The molecule has 38 heavy (non-hydrogen) atoms. The van der Waals surface area contributed by atoms with Crippen LogP contribution in [0.2, 0.25) is 0 Å². The number of aryl methyl sites for hydroxylation is 1. The van der Waals surface area contributed by atoms with Gasteiger partial charge in [-0.05, 0) is 44.0 Å². The van der Waals surface area contributed by atoms with Gasteiger partial charge in [-0.3, -0.25) is 9.69 Å². The largest absolute Gasteiger partial charge is 0.326 e. The predicted molar refractivity (Wildman–Crippen MR) is 157 cm³/mol. The van der Waals surface area contributed by atoms with Gasteiger partial charge in [0.05, 0.1) is 6.67 Å². The minimum Gasteiger partial charge on any atom is -0.315 e. The molecule has 1 heterocycles. The van der Waals surface area contributed by atoms with Gasteiger partial charge in [-0.25, -0.2) is 9.69 Å². The number of carbonyl (C=O) groups excluding carboxylic acids is 2. The van der Waals surface area contributed by atoms with E-state index in [4.69, 9.17) is 0 Å². The van der Waals surface area contributed by atoms with Gasteiger partial charge in [-0.15, -0.1) is 0 Å². The number of imide groups is 1. The zero-order valence-corrected chi connectivity index (χ0v) is 24.0. The van der Waals surface area contributed by atoms with E-state index in [0.717, 1.165) is 42.6 Å². The van der Waals surface area contributed by atoms with Gasteiger partial charge in [0.2, 0.25) is 0 Å². The summed E-state index contributed by atoms with van der Waals surface area (Å²) in [5.41, 5.74) is 1.52. The second kappa shape index (κ2) is 15.7. The van der Waals surface area contributed by atoms with E-state index in [2.05, 4.69) is 24.1 Å². The highest BCUT2D eigenvalue weighted by atomic mass is 16.2. The van der Waals surface area contributed by atoms with Crippen LogP contribution < -0.4 is 5.32 Å². The van der Waals surface area contributed by atoms with E-state index in [0.29, 0.717) is 6.67 Å². The van der Waals surface area contributed by atoms with Gasteiger partial charge >= 0.3 is 6.03 Å². The maximum absolute atomic E-state index is 14.2. The molecule has 0 bridgehead atoms. The molecule has 1 aliphatic rings. The molecule has 0 radical (unpaired) electrons. The molecule has 0 aliphatic carbocycles. The lowest BCUT2D eigenvalue weighted by molar-refractivity contribution is -0.131. The molecule has 0 spiro atoms. The first kappa shape index (κ1) is 29.9. The monoisotopic (exact) mass is 519 g/mol. The minimum atomic E-state index is -1.20. The molecule has 1 atom stereocenters. The summed E-state index contributed by atoms with van der Waals surface area (Å²) in [6, 6.07) is 17.3. The van der Waals surface area contributed by atoms with Gasteiger partial charge in [0.25, 0.3) is 5.91 Å². The van der Waals surface area contributed by atoms with E-state index < -0.39 is 5.54 Å². The van der Waals surface area contributed by atoms with Crippen LogP contribution >= 0.6 is 0 Å². The van der Waals surface area contributed by atoms with Crippen LogP contribution in [0.25, 0.3) is 0 Å². The molecular formula is C33H49N3O2. The van der Waals surface area contributed by atoms with Crippen LogP contribution in [0, 0.1) is 6.92 Å². The van der Waals surface area contributed by atoms with Crippen LogP contribution in [0.15, 0.2) is 54.6 Å². The highest BCUT2D eigenvalue weighted by molar-refractivity contribution is 6.09. The number of nitrogens with one attached hydrogen (secondary N) is 1. The van der Waals surface area contributed by atoms with Crippen LogP contribution in [0.1, 0.15) is 108 Å². The van der Waals surface area contributed by atoms with Crippen molar-refractivity contribution in [3.05, 3.63) is 71.3 Å². The van der Waals surface area contributed by atoms with Crippen molar-refractivity contribution in [3.63, 3.8) is 0 Å². The third-order valence-corrected chi connectivity index (χ3v) is 7.79. The van der Waals surface area contributed by atoms with E-state index in [-0.39, 0.29) is 11.9 Å². The average molecular weight is 520 g/mol. The standard InChI is InChI=1S/C33H49N3O2/c1-4-6-8-10-12-17-25-35(26-18-13-11-9-7-5-2)27-36-31(37)33(34-32(36)38,29-19-15-14-16-20-29)30-23-21-28(3)22-24-30/h14-16,19-24H,4-13,17-18,25-27H2,1-3H3,(H,34,38). The lowest BCUT2D eigenvalue weighted by Gasteiger charge is -2.30. The molecule has 1 aliphatic heterocycles. The lowest BCUT2D eigenvalue weighted by Crippen LogP contribution is -2.46. The summed E-state index contributed by atoms with van der Waals surface area (Å²) in [7, 11) is 0. The molecule has 1 saturated heterocycles. The summed E-state index contributed by atoms with van der Waals surface area (Å²) in [5.74, 6) is -0.187. The van der Waals surface area contributed by atoms with Crippen molar-refractivity contribution >= 4 is 11.9 Å². The first-order valence-corrected chi connectivity index (χ1v) is 15.0. The van der Waals surface area contributed by atoms with Crippen molar-refractivity contribution in [1.29, 1.82) is 0 Å². The maximum Gasteiger partial charge on any atom is 0.326 e. The molecule has 208 valence electrons. The highest BCUT2D eigenvalue weighted by Gasteiger charge is 2.53. The van der Waals surface area contributed by atoms with Crippen molar-refractivity contribution in [1.82, 2.24) is 15.1 Å². The molecule has 0 aromatic heterocycles. The Morgan fingerprint density at radius 2 is 1.18 bits per heavy atom. The second-order valence-electron chi connectivity index (χ2n) is 10.9. The summed E-state index contributed by atoms with van der Waals surface area (Å²) in [6.45, 7) is 8.69. The van der Waals surface area contributed by atoms with Crippen molar-refractivity contribution < 1.29 is 9.59 Å². The van der Waals surface area contributed by atoms with E-state index >= 15 is 0 Å². The van der Waals surface area contributed by atoms with Crippen LogP contribution in [0.5, 0.6) is 0 Å². The van der Waals surface area contributed by atoms with E-state index in [9.17, 15) is 9.59 Å². The Bertz CT molecular complexity index is 959. The summed E-state index contributed by atoms with van der Waals surface area (Å²) >= 11 is 0. The Kier molecular flexibility index (Phi) is 12.3. The lowest BCUT2D eigenvalue weighted by atomic mass is 9.82. The zero-order valence-electron chi connectivity index (χ0n) is 24.0. The van der Waals surface area contributed by atoms with Crippen molar-refractivity contribution in [2.45, 2.75) is 103 Å². The van der Waals surface area contributed by atoms with Crippen LogP contribution in [0.3, 0.4) is 0 Å². The van der Waals surface area contributed by atoms with Gasteiger partial charge in [0, 0.05) is 0 Å². The van der Waals surface area contributed by atoms with E-state index in [1.807, 2.05) is 61.5 Å².